The Balaban J connectivity index is 1.50. The van der Waals surface area contributed by atoms with Gasteiger partial charge in [-0.15, -0.1) is 0 Å². The summed E-state index contributed by atoms with van der Waals surface area (Å²) in [5, 5.41) is 0. The Hall–Kier alpha value is -0.850. The molecule has 0 atom stereocenters. The standard InChI is InChI=1S/C23H37N/c1-3-5-6-19-9-11-20(12-10-19)22-15-16-23(24-17-22)21-13-7-18(4-2)8-14-21/h15-21H,3-14H2,1-2H3. The van der Waals surface area contributed by atoms with Crippen molar-refractivity contribution in [2.24, 2.45) is 11.8 Å². The third-order valence-electron chi connectivity index (χ3n) is 6.94. The summed E-state index contributed by atoms with van der Waals surface area (Å²) in [5.74, 6) is 3.48. The fourth-order valence-corrected chi connectivity index (χ4v) is 5.04. The molecule has 0 spiro atoms. The fraction of sp³-hybridized carbons (Fsp3) is 0.783. The second-order valence-corrected chi connectivity index (χ2v) is 8.50. The van der Waals surface area contributed by atoms with Crippen LogP contribution in [0, 0.1) is 11.8 Å². The molecule has 2 aliphatic carbocycles. The molecule has 1 aromatic rings. The van der Waals surface area contributed by atoms with Crippen LogP contribution in [0.25, 0.3) is 0 Å². The van der Waals surface area contributed by atoms with Crippen molar-refractivity contribution in [3.8, 4) is 0 Å². The van der Waals surface area contributed by atoms with Crippen LogP contribution in [-0.2, 0) is 0 Å². The first-order valence-electron chi connectivity index (χ1n) is 10.8. The van der Waals surface area contributed by atoms with Gasteiger partial charge in [0.15, 0.2) is 0 Å². The van der Waals surface area contributed by atoms with E-state index in [1.807, 2.05) is 0 Å². The van der Waals surface area contributed by atoms with Gasteiger partial charge in [-0.25, -0.2) is 0 Å². The lowest BCUT2D eigenvalue weighted by atomic mass is 9.77. The van der Waals surface area contributed by atoms with E-state index in [2.05, 4.69) is 32.2 Å². The van der Waals surface area contributed by atoms with Crippen molar-refractivity contribution in [2.45, 2.75) is 103 Å². The van der Waals surface area contributed by atoms with Gasteiger partial charge in [-0.3, -0.25) is 4.98 Å². The second-order valence-electron chi connectivity index (χ2n) is 8.50. The Morgan fingerprint density at radius 1 is 0.833 bits per heavy atom. The molecule has 2 aliphatic rings. The van der Waals surface area contributed by atoms with Gasteiger partial charge in [0, 0.05) is 17.8 Å². The quantitative estimate of drug-likeness (QED) is 0.537. The van der Waals surface area contributed by atoms with Crippen molar-refractivity contribution in [3.05, 3.63) is 29.6 Å². The maximum Gasteiger partial charge on any atom is 0.0434 e. The van der Waals surface area contributed by atoms with E-state index in [-0.39, 0.29) is 0 Å². The normalized spacial score (nSPS) is 31.1. The lowest BCUT2D eigenvalue weighted by molar-refractivity contribution is 0.303. The second kappa shape index (κ2) is 9.02. The smallest absolute Gasteiger partial charge is 0.0434 e. The SMILES string of the molecule is CCCCC1CCC(c2ccc(C3CCC(CC)CC3)nc2)CC1. The van der Waals surface area contributed by atoms with Crippen LogP contribution in [-0.4, -0.2) is 4.98 Å². The van der Waals surface area contributed by atoms with Crippen LogP contribution in [0.2, 0.25) is 0 Å². The first kappa shape index (κ1) is 18.0. The van der Waals surface area contributed by atoms with Gasteiger partial charge < -0.3 is 0 Å². The highest BCUT2D eigenvalue weighted by atomic mass is 14.7. The molecule has 2 fully saturated rings. The number of hydrogen-bond acceptors (Lipinski definition) is 1. The van der Waals surface area contributed by atoms with Crippen LogP contribution >= 0.6 is 0 Å². The number of aromatic nitrogens is 1. The largest absolute Gasteiger partial charge is 0.261 e. The van der Waals surface area contributed by atoms with E-state index < -0.39 is 0 Å². The third kappa shape index (κ3) is 4.61. The molecular weight excluding hydrogens is 290 g/mol. The summed E-state index contributed by atoms with van der Waals surface area (Å²) >= 11 is 0. The minimum atomic E-state index is 0.728. The molecule has 0 unspecified atom stereocenters. The van der Waals surface area contributed by atoms with Gasteiger partial charge in [-0.2, -0.15) is 0 Å². The lowest BCUT2D eigenvalue weighted by Gasteiger charge is -2.29. The molecular formula is C23H37N. The van der Waals surface area contributed by atoms with Gasteiger partial charge in [0.1, 0.15) is 0 Å². The maximum atomic E-state index is 4.90. The van der Waals surface area contributed by atoms with Crippen LogP contribution in [0.1, 0.15) is 114 Å². The Morgan fingerprint density at radius 3 is 2.08 bits per heavy atom. The molecule has 24 heavy (non-hydrogen) atoms. The molecule has 0 N–H and O–H groups in total. The predicted octanol–water partition coefficient (Wildman–Crippen LogP) is 7.23. The molecule has 0 saturated heterocycles. The summed E-state index contributed by atoms with van der Waals surface area (Å²) in [7, 11) is 0. The highest BCUT2D eigenvalue weighted by Crippen LogP contribution is 2.39. The fourth-order valence-electron chi connectivity index (χ4n) is 5.04. The highest BCUT2D eigenvalue weighted by molar-refractivity contribution is 5.21. The molecule has 1 aromatic heterocycles. The first-order chi connectivity index (χ1) is 11.8. The molecule has 1 nitrogen and oxygen atoms in total. The Labute approximate surface area is 149 Å². The Kier molecular flexibility index (Phi) is 6.75. The van der Waals surface area contributed by atoms with Gasteiger partial charge >= 0.3 is 0 Å². The zero-order valence-corrected chi connectivity index (χ0v) is 16.0. The van der Waals surface area contributed by atoms with Gasteiger partial charge in [0.2, 0.25) is 0 Å². The zero-order valence-electron chi connectivity index (χ0n) is 16.0. The van der Waals surface area contributed by atoms with Gasteiger partial charge in [0.05, 0.1) is 0 Å². The molecule has 0 radical (unpaired) electrons. The van der Waals surface area contributed by atoms with Gasteiger partial charge in [-0.05, 0) is 80.8 Å². The van der Waals surface area contributed by atoms with E-state index in [4.69, 9.17) is 4.98 Å². The average Bonchev–Trinajstić information content (AvgIpc) is 2.67. The van der Waals surface area contributed by atoms with Crippen molar-refractivity contribution >= 4 is 0 Å². The summed E-state index contributed by atoms with van der Waals surface area (Å²) in [6.07, 6.45) is 19.0. The minimum Gasteiger partial charge on any atom is -0.261 e. The third-order valence-corrected chi connectivity index (χ3v) is 6.94. The number of pyridine rings is 1. The van der Waals surface area contributed by atoms with Crippen molar-refractivity contribution in [2.75, 3.05) is 0 Å². The molecule has 2 saturated carbocycles. The number of nitrogens with zero attached hydrogens (tertiary/aromatic N) is 1. The predicted molar refractivity (Wildman–Crippen MR) is 103 cm³/mol. The van der Waals surface area contributed by atoms with Crippen molar-refractivity contribution in [1.82, 2.24) is 4.98 Å². The first-order valence-corrected chi connectivity index (χ1v) is 10.8. The topological polar surface area (TPSA) is 12.9 Å². The van der Waals surface area contributed by atoms with Crippen molar-refractivity contribution in [1.29, 1.82) is 0 Å². The Bertz CT molecular complexity index is 461. The maximum absolute atomic E-state index is 4.90. The summed E-state index contributed by atoms with van der Waals surface area (Å²) in [4.78, 5) is 4.90. The van der Waals surface area contributed by atoms with Crippen LogP contribution in [0.4, 0.5) is 0 Å². The summed E-state index contributed by atoms with van der Waals surface area (Å²) in [6.45, 7) is 4.66. The number of hydrogen-bond donors (Lipinski definition) is 0. The average molecular weight is 328 g/mol. The number of unbranched alkanes of at least 4 members (excludes halogenated alkanes) is 1. The molecule has 1 heteroatoms. The molecule has 0 aromatic carbocycles. The summed E-state index contributed by atoms with van der Waals surface area (Å²) in [5.41, 5.74) is 2.87. The van der Waals surface area contributed by atoms with Gasteiger partial charge in [-0.1, -0.05) is 45.6 Å². The van der Waals surface area contributed by atoms with Crippen molar-refractivity contribution in [3.63, 3.8) is 0 Å². The van der Waals surface area contributed by atoms with E-state index in [1.54, 1.807) is 0 Å². The highest BCUT2D eigenvalue weighted by Gasteiger charge is 2.24. The summed E-state index contributed by atoms with van der Waals surface area (Å²) in [6, 6.07) is 4.76. The zero-order chi connectivity index (χ0) is 16.8. The monoisotopic (exact) mass is 327 g/mol. The van der Waals surface area contributed by atoms with E-state index in [1.165, 1.54) is 88.3 Å². The molecule has 0 aliphatic heterocycles. The van der Waals surface area contributed by atoms with Crippen LogP contribution < -0.4 is 0 Å². The van der Waals surface area contributed by atoms with E-state index in [0.29, 0.717) is 0 Å². The van der Waals surface area contributed by atoms with E-state index in [9.17, 15) is 0 Å². The Morgan fingerprint density at radius 2 is 1.50 bits per heavy atom. The van der Waals surface area contributed by atoms with Crippen LogP contribution in [0.3, 0.4) is 0 Å². The van der Waals surface area contributed by atoms with Gasteiger partial charge in [0.25, 0.3) is 0 Å². The van der Waals surface area contributed by atoms with E-state index >= 15 is 0 Å². The molecule has 0 bridgehead atoms. The molecule has 3 rings (SSSR count). The molecule has 1 heterocycles. The van der Waals surface area contributed by atoms with Crippen LogP contribution in [0.5, 0.6) is 0 Å². The summed E-state index contributed by atoms with van der Waals surface area (Å²) < 4.78 is 0. The lowest BCUT2D eigenvalue weighted by Crippen LogP contribution is -2.15. The van der Waals surface area contributed by atoms with E-state index in [0.717, 1.165) is 23.7 Å². The number of rotatable bonds is 6. The van der Waals surface area contributed by atoms with Crippen molar-refractivity contribution < 1.29 is 0 Å². The molecule has 134 valence electrons. The van der Waals surface area contributed by atoms with Crippen LogP contribution in [0.15, 0.2) is 18.3 Å². The minimum absolute atomic E-state index is 0.728. The molecule has 0 amide bonds.